The van der Waals surface area contributed by atoms with Gasteiger partial charge in [0.05, 0.1) is 18.3 Å². The fourth-order valence-corrected chi connectivity index (χ4v) is 2.00. The lowest BCUT2D eigenvalue weighted by Gasteiger charge is -2.09. The Balaban J connectivity index is 1.96. The lowest BCUT2D eigenvalue weighted by molar-refractivity contribution is 0.518. The van der Waals surface area contributed by atoms with Crippen molar-refractivity contribution in [1.29, 1.82) is 0 Å². The highest BCUT2D eigenvalue weighted by molar-refractivity contribution is 5.88. The van der Waals surface area contributed by atoms with Gasteiger partial charge in [-0.3, -0.25) is 0 Å². The summed E-state index contributed by atoms with van der Waals surface area (Å²) in [5.74, 6) is 2.60. The molecule has 0 saturated carbocycles. The molecule has 0 fully saturated rings. The van der Waals surface area contributed by atoms with Crippen LogP contribution >= 0.6 is 0 Å². The minimum atomic E-state index is 0.622. The van der Waals surface area contributed by atoms with E-state index < -0.39 is 0 Å². The molecule has 2 heterocycles. The molecule has 0 spiro atoms. The van der Waals surface area contributed by atoms with Crippen LogP contribution in [0.2, 0.25) is 0 Å². The summed E-state index contributed by atoms with van der Waals surface area (Å²) in [5.41, 5.74) is 0.969. The van der Waals surface area contributed by atoms with Crippen LogP contribution in [0.3, 0.4) is 0 Å². The van der Waals surface area contributed by atoms with Crippen molar-refractivity contribution in [2.45, 2.75) is 19.9 Å². The van der Waals surface area contributed by atoms with Gasteiger partial charge in [-0.1, -0.05) is 19.1 Å². The molecule has 0 aliphatic carbocycles. The summed E-state index contributed by atoms with van der Waals surface area (Å²) < 4.78 is 5.32. The molecule has 3 aromatic rings. The topological polar surface area (TPSA) is 51.0 Å². The second-order valence-corrected chi connectivity index (χ2v) is 4.29. The van der Waals surface area contributed by atoms with Crippen LogP contribution in [0.5, 0.6) is 0 Å². The Kier molecular flexibility index (Phi) is 3.14. The van der Waals surface area contributed by atoms with Crippen LogP contribution in [-0.4, -0.2) is 9.97 Å². The molecule has 19 heavy (non-hydrogen) atoms. The Morgan fingerprint density at radius 1 is 1.11 bits per heavy atom. The number of aryl methyl sites for hydroxylation is 1. The molecule has 4 nitrogen and oxygen atoms in total. The van der Waals surface area contributed by atoms with E-state index in [0.29, 0.717) is 6.54 Å². The van der Waals surface area contributed by atoms with E-state index in [1.165, 1.54) is 0 Å². The third-order valence-electron chi connectivity index (χ3n) is 2.98. The lowest BCUT2D eigenvalue weighted by Crippen LogP contribution is -2.04. The standard InChI is InChI=1S/C15H15N3O/c1-2-14-17-13-8-4-3-7-12(13)15(18-14)16-10-11-6-5-9-19-11/h3-9H,2,10H2,1H3,(H,16,17,18). The number of fused-ring (bicyclic) bond motifs is 1. The molecule has 4 heteroatoms. The zero-order chi connectivity index (χ0) is 13.1. The fourth-order valence-electron chi connectivity index (χ4n) is 2.00. The number of anilines is 1. The van der Waals surface area contributed by atoms with Gasteiger partial charge in [0, 0.05) is 11.8 Å². The van der Waals surface area contributed by atoms with Crippen molar-refractivity contribution in [3.05, 3.63) is 54.2 Å². The summed E-state index contributed by atoms with van der Waals surface area (Å²) in [6.45, 7) is 2.68. The van der Waals surface area contributed by atoms with Crippen LogP contribution in [0.1, 0.15) is 18.5 Å². The van der Waals surface area contributed by atoms with E-state index in [0.717, 1.165) is 34.7 Å². The third-order valence-corrected chi connectivity index (χ3v) is 2.98. The van der Waals surface area contributed by atoms with Gasteiger partial charge in [0.15, 0.2) is 0 Å². The van der Waals surface area contributed by atoms with Crippen molar-refractivity contribution in [3.8, 4) is 0 Å². The van der Waals surface area contributed by atoms with Crippen molar-refractivity contribution in [2.24, 2.45) is 0 Å². The van der Waals surface area contributed by atoms with Crippen molar-refractivity contribution >= 4 is 16.7 Å². The Bertz CT molecular complexity index is 677. The Labute approximate surface area is 111 Å². The highest BCUT2D eigenvalue weighted by Crippen LogP contribution is 2.20. The molecule has 0 bridgehead atoms. The monoisotopic (exact) mass is 253 g/mol. The lowest BCUT2D eigenvalue weighted by atomic mass is 10.2. The number of para-hydroxylation sites is 1. The van der Waals surface area contributed by atoms with Gasteiger partial charge in [-0.05, 0) is 24.3 Å². The van der Waals surface area contributed by atoms with Gasteiger partial charge in [0.1, 0.15) is 17.4 Å². The van der Waals surface area contributed by atoms with Gasteiger partial charge in [0.25, 0.3) is 0 Å². The van der Waals surface area contributed by atoms with E-state index in [2.05, 4.69) is 22.2 Å². The van der Waals surface area contributed by atoms with Gasteiger partial charge in [-0.15, -0.1) is 0 Å². The molecule has 2 aromatic heterocycles. The summed E-state index contributed by atoms with van der Waals surface area (Å²) in [6.07, 6.45) is 2.49. The zero-order valence-corrected chi connectivity index (χ0v) is 10.8. The van der Waals surface area contributed by atoms with Gasteiger partial charge in [0.2, 0.25) is 0 Å². The first-order valence-corrected chi connectivity index (χ1v) is 6.38. The third kappa shape index (κ3) is 2.42. The minimum Gasteiger partial charge on any atom is -0.467 e. The fraction of sp³-hybridized carbons (Fsp3) is 0.200. The number of benzene rings is 1. The highest BCUT2D eigenvalue weighted by Gasteiger charge is 2.06. The van der Waals surface area contributed by atoms with Gasteiger partial charge >= 0.3 is 0 Å². The Morgan fingerprint density at radius 3 is 2.79 bits per heavy atom. The summed E-state index contributed by atoms with van der Waals surface area (Å²) in [5, 5.41) is 4.35. The van der Waals surface area contributed by atoms with Crippen molar-refractivity contribution in [1.82, 2.24) is 9.97 Å². The summed E-state index contributed by atoms with van der Waals surface area (Å²) >= 11 is 0. The Morgan fingerprint density at radius 2 is 2.00 bits per heavy atom. The molecule has 0 amide bonds. The van der Waals surface area contributed by atoms with Gasteiger partial charge in [-0.2, -0.15) is 0 Å². The van der Waals surface area contributed by atoms with Crippen LogP contribution in [0.25, 0.3) is 10.9 Å². The van der Waals surface area contributed by atoms with Crippen molar-refractivity contribution < 1.29 is 4.42 Å². The summed E-state index contributed by atoms with van der Waals surface area (Å²) in [7, 11) is 0. The number of rotatable bonds is 4. The summed E-state index contributed by atoms with van der Waals surface area (Å²) in [4.78, 5) is 9.08. The second kappa shape index (κ2) is 5.10. The smallest absolute Gasteiger partial charge is 0.138 e. The molecule has 0 saturated heterocycles. The highest BCUT2D eigenvalue weighted by atomic mass is 16.3. The average Bonchev–Trinajstić information content (AvgIpc) is 2.97. The quantitative estimate of drug-likeness (QED) is 0.774. The molecule has 96 valence electrons. The van der Waals surface area contributed by atoms with Gasteiger partial charge in [-0.25, -0.2) is 9.97 Å². The maximum absolute atomic E-state index is 5.32. The van der Waals surface area contributed by atoms with Crippen LogP contribution in [-0.2, 0) is 13.0 Å². The molecule has 0 aliphatic heterocycles. The SMILES string of the molecule is CCc1nc(NCc2ccco2)c2ccccc2n1. The number of nitrogens with one attached hydrogen (secondary N) is 1. The molecule has 0 unspecified atom stereocenters. The van der Waals surface area contributed by atoms with Crippen molar-refractivity contribution in [3.63, 3.8) is 0 Å². The Hall–Kier alpha value is -2.36. The normalized spacial score (nSPS) is 10.8. The first-order valence-electron chi connectivity index (χ1n) is 6.38. The zero-order valence-electron chi connectivity index (χ0n) is 10.8. The molecule has 0 radical (unpaired) electrons. The second-order valence-electron chi connectivity index (χ2n) is 4.29. The maximum atomic E-state index is 5.32. The van der Waals surface area contributed by atoms with E-state index in [1.54, 1.807) is 6.26 Å². The summed E-state index contributed by atoms with van der Waals surface area (Å²) in [6, 6.07) is 11.8. The van der Waals surface area contributed by atoms with Crippen LogP contribution < -0.4 is 5.32 Å². The largest absolute Gasteiger partial charge is 0.467 e. The first-order chi connectivity index (χ1) is 9.36. The predicted octanol–water partition coefficient (Wildman–Crippen LogP) is 3.40. The number of aromatic nitrogens is 2. The van der Waals surface area contributed by atoms with Crippen LogP contribution in [0.4, 0.5) is 5.82 Å². The number of hydrogen-bond donors (Lipinski definition) is 1. The van der Waals surface area contributed by atoms with Gasteiger partial charge < -0.3 is 9.73 Å². The minimum absolute atomic E-state index is 0.622. The maximum Gasteiger partial charge on any atom is 0.138 e. The average molecular weight is 253 g/mol. The molecular weight excluding hydrogens is 238 g/mol. The van der Waals surface area contributed by atoms with Crippen LogP contribution in [0, 0.1) is 0 Å². The molecule has 1 aromatic carbocycles. The number of nitrogens with zero attached hydrogens (tertiary/aromatic N) is 2. The molecule has 1 N–H and O–H groups in total. The van der Waals surface area contributed by atoms with E-state index in [-0.39, 0.29) is 0 Å². The van der Waals surface area contributed by atoms with E-state index in [9.17, 15) is 0 Å². The molecule has 0 atom stereocenters. The molecular formula is C15H15N3O. The van der Waals surface area contributed by atoms with E-state index >= 15 is 0 Å². The molecule has 3 rings (SSSR count). The number of hydrogen-bond acceptors (Lipinski definition) is 4. The van der Waals surface area contributed by atoms with E-state index in [1.807, 2.05) is 36.4 Å². The molecule has 0 aliphatic rings. The van der Waals surface area contributed by atoms with E-state index in [4.69, 9.17) is 4.42 Å². The first kappa shape index (κ1) is 11.7. The predicted molar refractivity (Wildman–Crippen MR) is 75.0 cm³/mol. The number of furan rings is 1. The van der Waals surface area contributed by atoms with Crippen LogP contribution in [0.15, 0.2) is 47.1 Å². The van der Waals surface area contributed by atoms with Crippen molar-refractivity contribution in [2.75, 3.05) is 5.32 Å².